The summed E-state index contributed by atoms with van der Waals surface area (Å²) in [6.07, 6.45) is 0. The zero-order valence-corrected chi connectivity index (χ0v) is 10.00. The minimum absolute atomic E-state index is 0.171. The second-order valence-corrected chi connectivity index (χ2v) is 3.95. The van der Waals surface area contributed by atoms with Gasteiger partial charge in [0.1, 0.15) is 5.82 Å². The maximum Gasteiger partial charge on any atom is 0.123 e. The van der Waals surface area contributed by atoms with Crippen LogP contribution in [0.25, 0.3) is 0 Å². The van der Waals surface area contributed by atoms with Gasteiger partial charge in [0.05, 0.1) is 0 Å². The second kappa shape index (κ2) is 6.06. The van der Waals surface area contributed by atoms with Crippen molar-refractivity contribution in [1.29, 1.82) is 0 Å². The van der Waals surface area contributed by atoms with E-state index in [0.29, 0.717) is 0 Å². The first kappa shape index (κ1) is 12.4. The van der Waals surface area contributed by atoms with Gasteiger partial charge >= 0.3 is 0 Å². The Hall–Kier alpha value is -1.63. The highest BCUT2D eigenvalue weighted by Crippen LogP contribution is 1.99. The van der Waals surface area contributed by atoms with Crippen LogP contribution in [0.15, 0.2) is 48.5 Å². The molecule has 0 aromatic heterocycles. The van der Waals surface area contributed by atoms with Gasteiger partial charge in [-0.1, -0.05) is 53.1 Å². The molecule has 0 amide bonds. The van der Waals surface area contributed by atoms with Crippen LogP contribution in [0.3, 0.4) is 0 Å². The lowest BCUT2D eigenvalue weighted by atomic mass is 10.2. The van der Waals surface area contributed by atoms with E-state index in [9.17, 15) is 4.39 Å². The number of benzene rings is 2. The van der Waals surface area contributed by atoms with Crippen LogP contribution in [0.5, 0.6) is 0 Å². The molecule has 0 heterocycles. The summed E-state index contributed by atoms with van der Waals surface area (Å²) in [5.41, 5.74) is 3.75. The Morgan fingerprint density at radius 2 is 0.812 bits per heavy atom. The monoisotopic (exact) mass is 216 g/mol. The smallest absolute Gasteiger partial charge is 0.123 e. The van der Waals surface area contributed by atoms with Crippen molar-refractivity contribution in [3.8, 4) is 0 Å². The van der Waals surface area contributed by atoms with E-state index in [1.54, 1.807) is 12.1 Å². The Kier molecular flexibility index (Phi) is 4.71. The van der Waals surface area contributed by atoms with Crippen molar-refractivity contribution in [3.63, 3.8) is 0 Å². The molecule has 2 aromatic carbocycles. The molecule has 0 saturated heterocycles. The van der Waals surface area contributed by atoms with Gasteiger partial charge in [-0.3, -0.25) is 0 Å². The molecule has 0 saturated carbocycles. The third kappa shape index (κ3) is 4.74. The normalized spacial score (nSPS) is 9.25. The quantitative estimate of drug-likeness (QED) is 0.610. The lowest BCUT2D eigenvalue weighted by Gasteiger charge is -1.90. The number of rotatable bonds is 0. The molecule has 0 spiro atoms. The minimum Gasteiger partial charge on any atom is -0.207 e. The van der Waals surface area contributed by atoms with Crippen LogP contribution < -0.4 is 0 Å². The molecule has 0 nitrogen and oxygen atoms in total. The van der Waals surface area contributed by atoms with Gasteiger partial charge in [0.15, 0.2) is 0 Å². The Morgan fingerprint density at radius 1 is 0.562 bits per heavy atom. The Morgan fingerprint density at radius 3 is 1.06 bits per heavy atom. The molecule has 0 bridgehead atoms. The topological polar surface area (TPSA) is 0 Å². The summed E-state index contributed by atoms with van der Waals surface area (Å²) in [6.45, 7) is 6.12. The minimum atomic E-state index is -0.171. The molecular formula is C15H17F. The van der Waals surface area contributed by atoms with E-state index in [0.717, 1.165) is 5.56 Å². The Bertz CT molecular complexity index is 327. The maximum absolute atomic E-state index is 12.1. The summed E-state index contributed by atoms with van der Waals surface area (Å²) in [5.74, 6) is -0.171. The zero-order chi connectivity index (χ0) is 12.0. The summed E-state index contributed by atoms with van der Waals surface area (Å²) >= 11 is 0. The lowest BCUT2D eigenvalue weighted by molar-refractivity contribution is 0.627. The first-order valence-corrected chi connectivity index (χ1v) is 5.33. The molecule has 0 aliphatic rings. The van der Waals surface area contributed by atoms with E-state index in [4.69, 9.17) is 0 Å². The van der Waals surface area contributed by atoms with Gasteiger partial charge in [0.2, 0.25) is 0 Å². The van der Waals surface area contributed by atoms with Gasteiger partial charge in [-0.05, 0) is 32.9 Å². The summed E-state index contributed by atoms with van der Waals surface area (Å²) in [7, 11) is 0. The van der Waals surface area contributed by atoms with E-state index in [2.05, 4.69) is 38.1 Å². The van der Waals surface area contributed by atoms with Gasteiger partial charge in [0, 0.05) is 0 Å². The summed E-state index contributed by atoms with van der Waals surface area (Å²) in [5, 5.41) is 0. The highest BCUT2D eigenvalue weighted by Gasteiger charge is 1.83. The molecule has 16 heavy (non-hydrogen) atoms. The fourth-order valence-corrected chi connectivity index (χ4v) is 1.17. The number of hydrogen-bond donors (Lipinski definition) is 0. The average molecular weight is 216 g/mol. The van der Waals surface area contributed by atoms with Gasteiger partial charge in [-0.15, -0.1) is 0 Å². The molecule has 84 valence electrons. The highest BCUT2D eigenvalue weighted by molar-refractivity contribution is 5.19. The molecule has 0 aliphatic heterocycles. The van der Waals surface area contributed by atoms with E-state index >= 15 is 0 Å². The average Bonchev–Trinajstić information content (AvgIpc) is 2.28. The van der Waals surface area contributed by atoms with Crippen molar-refractivity contribution in [2.24, 2.45) is 0 Å². The van der Waals surface area contributed by atoms with Crippen LogP contribution >= 0.6 is 0 Å². The predicted octanol–water partition coefficient (Wildman–Crippen LogP) is 4.44. The van der Waals surface area contributed by atoms with E-state index < -0.39 is 0 Å². The third-order valence-electron chi connectivity index (χ3n) is 2.23. The van der Waals surface area contributed by atoms with Crippen LogP contribution in [0.2, 0.25) is 0 Å². The van der Waals surface area contributed by atoms with Crippen LogP contribution in [0.1, 0.15) is 16.7 Å². The number of aryl methyl sites for hydroxylation is 3. The van der Waals surface area contributed by atoms with Crippen LogP contribution in [-0.2, 0) is 0 Å². The maximum atomic E-state index is 12.1. The number of halogens is 1. The van der Waals surface area contributed by atoms with Crippen molar-refractivity contribution in [2.75, 3.05) is 0 Å². The molecule has 0 N–H and O–H groups in total. The van der Waals surface area contributed by atoms with Crippen molar-refractivity contribution in [1.82, 2.24) is 0 Å². The standard InChI is InChI=1S/C8H10.C7H7F/c1-7-3-5-8(2)6-4-7;1-6-2-4-7(8)5-3-6/h3-6H,1-2H3;2-5H,1H3. The highest BCUT2D eigenvalue weighted by atomic mass is 19.1. The molecule has 1 heteroatoms. The molecule has 0 atom stereocenters. The van der Waals surface area contributed by atoms with Gasteiger partial charge in [0.25, 0.3) is 0 Å². The fraction of sp³-hybridized carbons (Fsp3) is 0.200. The van der Waals surface area contributed by atoms with Crippen molar-refractivity contribution >= 4 is 0 Å². The molecule has 0 radical (unpaired) electrons. The van der Waals surface area contributed by atoms with Gasteiger partial charge in [-0.25, -0.2) is 4.39 Å². The molecule has 0 fully saturated rings. The van der Waals surface area contributed by atoms with E-state index in [-0.39, 0.29) is 5.82 Å². The molecule has 2 aromatic rings. The van der Waals surface area contributed by atoms with Crippen molar-refractivity contribution in [2.45, 2.75) is 20.8 Å². The van der Waals surface area contributed by atoms with Gasteiger partial charge in [-0.2, -0.15) is 0 Å². The Labute approximate surface area is 96.8 Å². The number of hydrogen-bond acceptors (Lipinski definition) is 0. The Balaban J connectivity index is 0.000000160. The van der Waals surface area contributed by atoms with Crippen molar-refractivity contribution in [3.05, 3.63) is 71.0 Å². The fourth-order valence-electron chi connectivity index (χ4n) is 1.17. The first-order valence-electron chi connectivity index (χ1n) is 5.33. The summed E-state index contributed by atoms with van der Waals surface area (Å²) in [4.78, 5) is 0. The van der Waals surface area contributed by atoms with E-state index in [1.165, 1.54) is 23.3 Å². The third-order valence-corrected chi connectivity index (χ3v) is 2.23. The summed E-state index contributed by atoms with van der Waals surface area (Å²) in [6, 6.07) is 14.9. The van der Waals surface area contributed by atoms with Gasteiger partial charge < -0.3 is 0 Å². The van der Waals surface area contributed by atoms with Crippen LogP contribution in [0, 0.1) is 26.6 Å². The molecule has 0 unspecified atom stereocenters. The van der Waals surface area contributed by atoms with Crippen molar-refractivity contribution < 1.29 is 4.39 Å². The molecule has 2 rings (SSSR count). The first-order chi connectivity index (χ1) is 7.58. The lowest BCUT2D eigenvalue weighted by Crippen LogP contribution is -1.71. The predicted molar refractivity (Wildman–Crippen MR) is 67.1 cm³/mol. The van der Waals surface area contributed by atoms with Crippen LogP contribution in [-0.4, -0.2) is 0 Å². The molecular weight excluding hydrogens is 199 g/mol. The largest absolute Gasteiger partial charge is 0.207 e. The zero-order valence-electron chi connectivity index (χ0n) is 10.00. The van der Waals surface area contributed by atoms with Crippen LogP contribution in [0.4, 0.5) is 4.39 Å². The second-order valence-electron chi connectivity index (χ2n) is 3.95. The van der Waals surface area contributed by atoms with E-state index in [1.807, 2.05) is 6.92 Å². The summed E-state index contributed by atoms with van der Waals surface area (Å²) < 4.78 is 12.1. The SMILES string of the molecule is Cc1ccc(C)cc1.Cc1ccc(F)cc1. The molecule has 0 aliphatic carbocycles.